The molecule has 0 bridgehead atoms. The molecule has 0 N–H and O–H groups in total. The van der Waals surface area contributed by atoms with Crippen LogP contribution in [0.4, 0.5) is 52.7 Å². The number of halogens is 12. The third-order valence-electron chi connectivity index (χ3n) is 3.75. The Morgan fingerprint density at radius 3 is 1.77 bits per heavy atom. The van der Waals surface area contributed by atoms with E-state index in [2.05, 4.69) is 4.74 Å². The SMILES string of the molecule is CC(=O)/C=C/c1ccc(OCC(F)(F)C(F)(F)C(F)(F)C(F)(F)C(F)(F)C(F)F)cc1. The van der Waals surface area contributed by atoms with Crippen LogP contribution in [0.2, 0.25) is 0 Å². The molecule has 1 aromatic carbocycles. The zero-order chi connectivity index (χ0) is 24.5. The Kier molecular flexibility index (Phi) is 7.40. The average Bonchev–Trinajstić information content (AvgIpc) is 2.64. The topological polar surface area (TPSA) is 26.3 Å². The molecule has 1 rings (SSSR count). The molecule has 0 amide bonds. The summed E-state index contributed by atoms with van der Waals surface area (Å²) in [4.78, 5) is 10.8. The molecule has 0 spiro atoms. The second kappa shape index (κ2) is 8.61. The summed E-state index contributed by atoms with van der Waals surface area (Å²) in [5.74, 6) is -36.6. The van der Waals surface area contributed by atoms with E-state index in [0.717, 1.165) is 30.3 Å². The third kappa shape index (κ3) is 4.92. The van der Waals surface area contributed by atoms with Gasteiger partial charge in [0.15, 0.2) is 12.4 Å². The molecular weight excluding hydrogens is 464 g/mol. The van der Waals surface area contributed by atoms with E-state index in [1.807, 2.05) is 0 Å². The predicted octanol–water partition coefficient (Wildman–Crippen LogP) is 6.11. The summed E-state index contributed by atoms with van der Waals surface area (Å²) in [5, 5.41) is 0. The molecule has 0 unspecified atom stereocenters. The third-order valence-corrected chi connectivity index (χ3v) is 3.75. The summed E-state index contributed by atoms with van der Waals surface area (Å²) >= 11 is 0. The molecule has 0 radical (unpaired) electrons. The first-order valence-corrected chi connectivity index (χ1v) is 7.90. The number of alkyl halides is 12. The summed E-state index contributed by atoms with van der Waals surface area (Å²) in [6, 6.07) is 3.92. The largest absolute Gasteiger partial charge is 0.487 e. The maximum absolute atomic E-state index is 13.6. The highest BCUT2D eigenvalue weighted by Crippen LogP contribution is 2.58. The summed E-state index contributed by atoms with van der Waals surface area (Å²) in [6.45, 7) is -1.48. The van der Waals surface area contributed by atoms with Gasteiger partial charge in [-0.2, -0.15) is 43.9 Å². The molecule has 2 nitrogen and oxygen atoms in total. The fraction of sp³-hybridized carbons (Fsp3) is 0.471. The van der Waals surface area contributed by atoms with Gasteiger partial charge < -0.3 is 4.74 Å². The highest BCUT2D eigenvalue weighted by Gasteiger charge is 2.87. The molecule has 0 aromatic heterocycles. The number of rotatable bonds is 10. The van der Waals surface area contributed by atoms with E-state index >= 15 is 0 Å². The van der Waals surface area contributed by atoms with Gasteiger partial charge in [-0.3, -0.25) is 4.79 Å². The lowest BCUT2D eigenvalue weighted by Crippen LogP contribution is -2.69. The van der Waals surface area contributed by atoms with Gasteiger partial charge in [0.2, 0.25) is 0 Å². The first-order valence-electron chi connectivity index (χ1n) is 7.90. The lowest BCUT2D eigenvalue weighted by atomic mass is 9.94. The first-order chi connectivity index (χ1) is 13.8. The molecular formula is C17H12F12O2. The van der Waals surface area contributed by atoms with E-state index in [4.69, 9.17) is 0 Å². The molecule has 0 aliphatic rings. The van der Waals surface area contributed by atoms with Crippen LogP contribution in [0.5, 0.6) is 5.75 Å². The van der Waals surface area contributed by atoms with Crippen LogP contribution in [0.25, 0.3) is 6.08 Å². The molecule has 1 aromatic rings. The molecule has 0 aliphatic heterocycles. The maximum Gasteiger partial charge on any atom is 0.384 e. The minimum absolute atomic E-state index is 0.292. The van der Waals surface area contributed by atoms with Gasteiger partial charge in [-0.05, 0) is 30.7 Å². The summed E-state index contributed by atoms with van der Waals surface area (Å²) < 4.78 is 161. The second-order valence-corrected chi connectivity index (χ2v) is 6.15. The fourth-order valence-electron chi connectivity index (χ4n) is 1.93. The molecule has 14 heteroatoms. The number of carbonyl (C=O) groups excluding carboxylic acids is 1. The number of benzene rings is 1. The van der Waals surface area contributed by atoms with Crippen molar-refractivity contribution in [3.05, 3.63) is 35.9 Å². The standard InChI is InChI=1S/C17H12F12O2/c1-9(30)2-3-10-4-6-11(7-5-10)31-8-13(20,21)15(24,25)17(28,29)16(26,27)14(22,23)12(18)19/h2-7,12H,8H2,1H3/b3-2+. The summed E-state index contributed by atoms with van der Waals surface area (Å²) in [7, 11) is 0. The van der Waals surface area contributed by atoms with Crippen molar-refractivity contribution in [2.24, 2.45) is 0 Å². The Hall–Kier alpha value is -2.41. The number of hydrogen-bond donors (Lipinski definition) is 0. The average molecular weight is 476 g/mol. The molecule has 176 valence electrons. The number of carbonyl (C=O) groups is 1. The monoisotopic (exact) mass is 476 g/mol. The van der Waals surface area contributed by atoms with Crippen LogP contribution in [0.3, 0.4) is 0 Å². The number of hydrogen-bond acceptors (Lipinski definition) is 2. The number of ether oxygens (including phenoxy) is 1. The highest BCUT2D eigenvalue weighted by atomic mass is 19.4. The smallest absolute Gasteiger partial charge is 0.384 e. The minimum Gasteiger partial charge on any atom is -0.487 e. The van der Waals surface area contributed by atoms with E-state index < -0.39 is 48.4 Å². The van der Waals surface area contributed by atoms with Gasteiger partial charge in [0.25, 0.3) is 0 Å². The van der Waals surface area contributed by atoms with Crippen molar-refractivity contribution in [1.82, 2.24) is 0 Å². The molecule has 0 saturated heterocycles. The van der Waals surface area contributed by atoms with Crippen molar-refractivity contribution in [3.63, 3.8) is 0 Å². The van der Waals surface area contributed by atoms with Crippen molar-refractivity contribution >= 4 is 11.9 Å². The Morgan fingerprint density at radius 2 is 1.35 bits per heavy atom. The minimum atomic E-state index is -7.59. The quantitative estimate of drug-likeness (QED) is 0.301. The van der Waals surface area contributed by atoms with Gasteiger partial charge in [-0.15, -0.1) is 0 Å². The van der Waals surface area contributed by atoms with Gasteiger partial charge in [0, 0.05) is 0 Å². The van der Waals surface area contributed by atoms with Crippen LogP contribution in [0.1, 0.15) is 12.5 Å². The van der Waals surface area contributed by atoms with Crippen LogP contribution in [0, 0.1) is 0 Å². The zero-order valence-corrected chi connectivity index (χ0v) is 15.1. The fourth-order valence-corrected chi connectivity index (χ4v) is 1.93. The van der Waals surface area contributed by atoms with E-state index in [-0.39, 0.29) is 5.78 Å². The Labute approximate surface area is 166 Å². The number of allylic oxidation sites excluding steroid dienone is 1. The number of ketones is 1. The van der Waals surface area contributed by atoms with Crippen LogP contribution in [-0.2, 0) is 4.79 Å². The van der Waals surface area contributed by atoms with Gasteiger partial charge in [0.05, 0.1) is 0 Å². The van der Waals surface area contributed by atoms with Crippen molar-refractivity contribution in [1.29, 1.82) is 0 Å². The zero-order valence-electron chi connectivity index (χ0n) is 15.1. The van der Waals surface area contributed by atoms with Crippen molar-refractivity contribution in [3.8, 4) is 5.75 Å². The van der Waals surface area contributed by atoms with Crippen LogP contribution < -0.4 is 4.74 Å². The molecule has 31 heavy (non-hydrogen) atoms. The molecule has 0 aliphatic carbocycles. The van der Waals surface area contributed by atoms with Gasteiger partial charge in [-0.1, -0.05) is 18.2 Å². The van der Waals surface area contributed by atoms with E-state index in [1.54, 1.807) is 0 Å². The maximum atomic E-state index is 13.6. The lowest BCUT2D eigenvalue weighted by Gasteiger charge is -2.39. The Balaban J connectivity index is 3.09. The van der Waals surface area contributed by atoms with Gasteiger partial charge in [-0.25, -0.2) is 8.78 Å². The molecule has 0 fully saturated rings. The van der Waals surface area contributed by atoms with Crippen LogP contribution >= 0.6 is 0 Å². The molecule has 0 heterocycles. The lowest BCUT2D eigenvalue weighted by molar-refractivity contribution is -0.414. The van der Waals surface area contributed by atoms with Gasteiger partial charge >= 0.3 is 36.0 Å². The van der Waals surface area contributed by atoms with Crippen molar-refractivity contribution < 1.29 is 62.2 Å². The highest BCUT2D eigenvalue weighted by molar-refractivity contribution is 5.91. The van der Waals surface area contributed by atoms with Crippen molar-refractivity contribution in [2.75, 3.05) is 6.61 Å². The summed E-state index contributed by atoms with van der Waals surface area (Å²) in [5.41, 5.74) is 0.292. The Bertz CT molecular complexity index is 800. The first kappa shape index (κ1) is 26.6. The predicted molar refractivity (Wildman–Crippen MR) is 82.4 cm³/mol. The normalized spacial score (nSPS) is 14.4. The van der Waals surface area contributed by atoms with E-state index in [0.29, 0.717) is 5.56 Å². The van der Waals surface area contributed by atoms with E-state index in [9.17, 15) is 57.5 Å². The molecule has 0 saturated carbocycles. The summed E-state index contributed by atoms with van der Waals surface area (Å²) in [6.07, 6.45) is -3.20. The van der Waals surface area contributed by atoms with Crippen LogP contribution in [-0.4, -0.2) is 48.4 Å². The Morgan fingerprint density at radius 1 is 0.871 bits per heavy atom. The second-order valence-electron chi connectivity index (χ2n) is 6.15. The van der Waals surface area contributed by atoms with Gasteiger partial charge in [0.1, 0.15) is 5.75 Å². The van der Waals surface area contributed by atoms with Crippen molar-refractivity contribution in [2.45, 2.75) is 43.0 Å². The van der Waals surface area contributed by atoms with Crippen LogP contribution in [0.15, 0.2) is 30.3 Å². The van der Waals surface area contributed by atoms with E-state index in [1.165, 1.54) is 13.0 Å². The molecule has 0 atom stereocenters.